The Bertz CT molecular complexity index is 1390. The van der Waals surface area contributed by atoms with Gasteiger partial charge in [0.1, 0.15) is 12.6 Å². The Kier molecular flexibility index (Phi) is 6.95. The van der Waals surface area contributed by atoms with Gasteiger partial charge < -0.3 is 15.6 Å². The molecule has 170 valence electrons. The van der Waals surface area contributed by atoms with Crippen molar-refractivity contribution < 1.29 is 9.59 Å². The second-order valence-electron chi connectivity index (χ2n) is 7.97. The number of carbonyl (C=O) groups is 2. The van der Waals surface area contributed by atoms with Crippen molar-refractivity contribution in [3.63, 3.8) is 0 Å². The summed E-state index contributed by atoms with van der Waals surface area (Å²) in [5, 5.41) is 15.9. The SMILES string of the molecule is Cc1cccc2[nH]cc(C[C@H](NC(=O)c3ccc(-c4ccccc4Cl)cc3)C(=O)NCC#N)c12. The highest BCUT2D eigenvalue weighted by Crippen LogP contribution is 2.28. The third-order valence-corrected chi connectivity index (χ3v) is 6.04. The Morgan fingerprint density at radius 2 is 1.82 bits per heavy atom. The van der Waals surface area contributed by atoms with Gasteiger partial charge in [-0.3, -0.25) is 9.59 Å². The van der Waals surface area contributed by atoms with Crippen molar-refractivity contribution in [1.82, 2.24) is 15.6 Å². The van der Waals surface area contributed by atoms with E-state index >= 15 is 0 Å². The van der Waals surface area contributed by atoms with E-state index in [1.165, 1.54) is 0 Å². The van der Waals surface area contributed by atoms with Gasteiger partial charge in [0, 0.05) is 39.7 Å². The molecule has 3 N–H and O–H groups in total. The van der Waals surface area contributed by atoms with Gasteiger partial charge in [0.15, 0.2) is 0 Å². The molecule has 0 bridgehead atoms. The highest BCUT2D eigenvalue weighted by Gasteiger charge is 2.23. The molecule has 2 amide bonds. The Morgan fingerprint density at radius 3 is 2.56 bits per heavy atom. The maximum Gasteiger partial charge on any atom is 0.251 e. The first kappa shape index (κ1) is 23.1. The molecule has 0 aliphatic rings. The number of hydrogen-bond acceptors (Lipinski definition) is 3. The normalized spacial score (nSPS) is 11.6. The second-order valence-corrected chi connectivity index (χ2v) is 8.38. The minimum atomic E-state index is -0.845. The molecule has 0 unspecified atom stereocenters. The molecule has 7 heteroatoms. The minimum Gasteiger partial charge on any atom is -0.361 e. The Labute approximate surface area is 202 Å². The number of aromatic nitrogens is 1. The highest BCUT2D eigenvalue weighted by atomic mass is 35.5. The number of hydrogen-bond donors (Lipinski definition) is 3. The number of nitriles is 1. The summed E-state index contributed by atoms with van der Waals surface area (Å²) in [7, 11) is 0. The average molecular weight is 471 g/mol. The lowest BCUT2D eigenvalue weighted by molar-refractivity contribution is -0.122. The zero-order chi connectivity index (χ0) is 24.1. The molecule has 0 spiro atoms. The van der Waals surface area contributed by atoms with Crippen molar-refractivity contribution >= 4 is 34.3 Å². The summed E-state index contributed by atoms with van der Waals surface area (Å²) < 4.78 is 0. The molecule has 34 heavy (non-hydrogen) atoms. The smallest absolute Gasteiger partial charge is 0.251 e. The summed E-state index contributed by atoms with van der Waals surface area (Å²) in [6.07, 6.45) is 2.14. The number of carbonyl (C=O) groups excluding carboxylic acids is 2. The molecule has 1 aromatic heterocycles. The molecule has 0 saturated heterocycles. The summed E-state index contributed by atoms with van der Waals surface area (Å²) in [4.78, 5) is 29.0. The van der Waals surface area contributed by atoms with Gasteiger partial charge in [-0.1, -0.05) is 54.1 Å². The van der Waals surface area contributed by atoms with Gasteiger partial charge in [-0.2, -0.15) is 5.26 Å². The number of amides is 2. The van der Waals surface area contributed by atoms with Crippen molar-refractivity contribution in [1.29, 1.82) is 5.26 Å². The number of benzene rings is 3. The largest absolute Gasteiger partial charge is 0.361 e. The van der Waals surface area contributed by atoms with Crippen LogP contribution in [-0.2, 0) is 11.2 Å². The molecule has 0 fully saturated rings. The maximum absolute atomic E-state index is 13.0. The van der Waals surface area contributed by atoms with Crippen molar-refractivity contribution in [2.45, 2.75) is 19.4 Å². The van der Waals surface area contributed by atoms with Gasteiger partial charge in [0.25, 0.3) is 5.91 Å². The lowest BCUT2D eigenvalue weighted by Gasteiger charge is -2.18. The van der Waals surface area contributed by atoms with Crippen LogP contribution in [0.1, 0.15) is 21.5 Å². The Morgan fingerprint density at radius 1 is 1.06 bits per heavy atom. The highest BCUT2D eigenvalue weighted by molar-refractivity contribution is 6.33. The van der Waals surface area contributed by atoms with Gasteiger partial charge in [0.05, 0.1) is 6.07 Å². The van der Waals surface area contributed by atoms with Crippen molar-refractivity contribution in [3.05, 3.63) is 94.6 Å². The Balaban J connectivity index is 1.56. The first-order chi connectivity index (χ1) is 16.5. The maximum atomic E-state index is 13.0. The molecule has 0 saturated carbocycles. The van der Waals surface area contributed by atoms with Crippen LogP contribution in [0.2, 0.25) is 5.02 Å². The number of nitrogens with one attached hydrogen (secondary N) is 3. The summed E-state index contributed by atoms with van der Waals surface area (Å²) in [6, 6.07) is 21.5. The summed E-state index contributed by atoms with van der Waals surface area (Å²) in [5.41, 5.74) is 5.14. The van der Waals surface area contributed by atoms with Gasteiger partial charge >= 0.3 is 0 Å². The van der Waals surface area contributed by atoms with Gasteiger partial charge in [-0.05, 0) is 47.9 Å². The summed E-state index contributed by atoms with van der Waals surface area (Å²) in [5.74, 6) is -0.787. The molecule has 3 aromatic carbocycles. The molecule has 4 aromatic rings. The molecule has 4 rings (SSSR count). The average Bonchev–Trinajstić information content (AvgIpc) is 3.26. The van der Waals surface area contributed by atoms with Crippen LogP contribution in [0.3, 0.4) is 0 Å². The fourth-order valence-electron chi connectivity index (χ4n) is 4.03. The number of halogens is 1. The predicted octanol–water partition coefficient (Wildman–Crippen LogP) is 4.78. The second kappa shape index (κ2) is 10.2. The Hall–Kier alpha value is -4.08. The van der Waals surface area contributed by atoms with E-state index in [2.05, 4.69) is 15.6 Å². The van der Waals surface area contributed by atoms with Crippen LogP contribution in [0.5, 0.6) is 0 Å². The summed E-state index contributed by atoms with van der Waals surface area (Å²) >= 11 is 6.28. The molecule has 0 aliphatic heterocycles. The monoisotopic (exact) mass is 470 g/mol. The van der Waals surface area contributed by atoms with Crippen molar-refractivity contribution in [2.75, 3.05) is 6.54 Å². The molecular formula is C27H23ClN4O2. The summed E-state index contributed by atoms with van der Waals surface area (Å²) in [6.45, 7) is 1.87. The third-order valence-electron chi connectivity index (χ3n) is 5.72. The molecule has 0 radical (unpaired) electrons. The van der Waals surface area contributed by atoms with Crippen LogP contribution in [0.25, 0.3) is 22.0 Å². The van der Waals surface area contributed by atoms with Crippen LogP contribution in [0.4, 0.5) is 0 Å². The lowest BCUT2D eigenvalue weighted by atomic mass is 10.0. The van der Waals surface area contributed by atoms with E-state index in [-0.39, 0.29) is 18.9 Å². The van der Waals surface area contributed by atoms with E-state index in [1.807, 2.05) is 73.8 Å². The van der Waals surface area contributed by atoms with Gasteiger partial charge in [-0.25, -0.2) is 0 Å². The van der Waals surface area contributed by atoms with Crippen LogP contribution in [0.15, 0.2) is 72.9 Å². The van der Waals surface area contributed by atoms with Crippen molar-refractivity contribution in [3.8, 4) is 17.2 Å². The fourth-order valence-corrected chi connectivity index (χ4v) is 4.27. The minimum absolute atomic E-state index is 0.134. The molecular weight excluding hydrogens is 448 g/mol. The van der Waals surface area contributed by atoms with E-state index in [9.17, 15) is 9.59 Å². The third kappa shape index (κ3) is 4.95. The predicted molar refractivity (Wildman–Crippen MR) is 134 cm³/mol. The van der Waals surface area contributed by atoms with Crippen LogP contribution >= 0.6 is 11.6 Å². The van der Waals surface area contributed by atoms with Crippen LogP contribution in [0, 0.1) is 18.3 Å². The molecule has 1 atom stereocenters. The first-order valence-electron chi connectivity index (χ1n) is 10.8. The number of aryl methyl sites for hydroxylation is 1. The van der Waals surface area contributed by atoms with Crippen molar-refractivity contribution in [2.24, 2.45) is 0 Å². The quantitative estimate of drug-likeness (QED) is 0.339. The van der Waals surface area contributed by atoms with E-state index in [0.717, 1.165) is 33.2 Å². The number of rotatable bonds is 7. The van der Waals surface area contributed by atoms with Gasteiger partial charge in [-0.15, -0.1) is 0 Å². The van der Waals surface area contributed by atoms with E-state index < -0.39 is 11.9 Å². The molecule has 0 aliphatic carbocycles. The number of nitrogens with zero attached hydrogens (tertiary/aromatic N) is 1. The van der Waals surface area contributed by atoms with E-state index in [1.54, 1.807) is 12.1 Å². The first-order valence-corrected chi connectivity index (χ1v) is 11.2. The molecule has 1 heterocycles. The van der Waals surface area contributed by atoms with Crippen LogP contribution in [-0.4, -0.2) is 29.4 Å². The van der Waals surface area contributed by atoms with Crippen LogP contribution < -0.4 is 10.6 Å². The van der Waals surface area contributed by atoms with E-state index in [4.69, 9.17) is 16.9 Å². The zero-order valence-electron chi connectivity index (χ0n) is 18.6. The van der Waals surface area contributed by atoms with E-state index in [0.29, 0.717) is 10.6 Å². The van der Waals surface area contributed by atoms with Gasteiger partial charge in [0.2, 0.25) is 5.91 Å². The molecule has 6 nitrogen and oxygen atoms in total. The lowest BCUT2D eigenvalue weighted by Crippen LogP contribution is -2.48. The standard InChI is InChI=1S/C27H23ClN4O2/c1-17-5-4-8-23-25(17)20(16-31-23)15-24(27(34)30-14-13-29)32-26(33)19-11-9-18(10-12-19)21-6-2-3-7-22(21)28/h2-12,16,24,31H,14-15H2,1H3,(H,30,34)(H,32,33)/t24-/m0/s1. The number of aromatic amines is 1. The number of fused-ring (bicyclic) bond motifs is 1. The topological polar surface area (TPSA) is 97.8 Å². The number of H-pyrrole nitrogens is 1. The zero-order valence-corrected chi connectivity index (χ0v) is 19.3. The fraction of sp³-hybridized carbons (Fsp3) is 0.148.